The minimum Gasteiger partial charge on any atom is -0.480 e. The fourth-order valence-electron chi connectivity index (χ4n) is 3.16. The highest BCUT2D eigenvalue weighted by Gasteiger charge is 2.32. The van der Waals surface area contributed by atoms with Crippen molar-refractivity contribution in [1.29, 1.82) is 0 Å². The van der Waals surface area contributed by atoms with Gasteiger partial charge in [0.15, 0.2) is 0 Å². The van der Waals surface area contributed by atoms with Gasteiger partial charge in [0, 0.05) is 30.5 Å². The van der Waals surface area contributed by atoms with Crippen LogP contribution in [0.4, 0.5) is 0 Å². The number of carbonyl (C=O) groups is 4. The predicted molar refractivity (Wildman–Crippen MR) is 129 cm³/mol. The maximum absolute atomic E-state index is 13.1. The fraction of sp³-hybridized carbons (Fsp3) is 0.409. The lowest BCUT2D eigenvalue weighted by molar-refractivity contribution is -0.142. The number of carbonyl (C=O) groups excluding carboxylic acids is 3. The van der Waals surface area contributed by atoms with Gasteiger partial charge in [0.2, 0.25) is 17.7 Å². The molecule has 2 aromatic rings. The molecule has 3 amide bonds. The summed E-state index contributed by atoms with van der Waals surface area (Å²) < 4.78 is 0. The summed E-state index contributed by atoms with van der Waals surface area (Å²) in [4.78, 5) is 56.6. The van der Waals surface area contributed by atoms with Crippen LogP contribution in [-0.4, -0.2) is 79.9 Å². The number of nitrogens with zero attached hydrogens (tertiary/aromatic N) is 1. The Morgan fingerprint density at radius 2 is 1.69 bits per heavy atom. The van der Waals surface area contributed by atoms with Gasteiger partial charge in [-0.25, -0.2) is 9.78 Å². The van der Waals surface area contributed by atoms with E-state index in [-0.39, 0.29) is 18.6 Å². The van der Waals surface area contributed by atoms with Crippen LogP contribution in [0.25, 0.3) is 0 Å². The molecule has 1 aromatic carbocycles. The van der Waals surface area contributed by atoms with E-state index < -0.39 is 54.0 Å². The Hall–Kier alpha value is -3.42. The van der Waals surface area contributed by atoms with Crippen molar-refractivity contribution in [3.8, 4) is 0 Å². The Bertz CT molecular complexity index is 988. The van der Waals surface area contributed by atoms with Crippen LogP contribution in [0.5, 0.6) is 0 Å². The number of benzene rings is 1. The fourth-order valence-corrected chi connectivity index (χ4v) is 3.32. The molecule has 0 aliphatic rings. The van der Waals surface area contributed by atoms with Gasteiger partial charge in [0.05, 0.1) is 18.5 Å². The first-order valence-corrected chi connectivity index (χ1v) is 11.4. The van der Waals surface area contributed by atoms with Gasteiger partial charge >= 0.3 is 5.97 Å². The lowest BCUT2D eigenvalue weighted by Crippen LogP contribution is -2.60. The minimum atomic E-state index is -1.40. The maximum Gasteiger partial charge on any atom is 0.326 e. The number of amides is 3. The summed E-state index contributed by atoms with van der Waals surface area (Å²) in [6.45, 7) is 1.30. The lowest BCUT2D eigenvalue weighted by atomic mass is 10.0. The second-order valence-corrected chi connectivity index (χ2v) is 8.31. The van der Waals surface area contributed by atoms with Gasteiger partial charge in [-0.1, -0.05) is 30.3 Å². The van der Waals surface area contributed by atoms with E-state index >= 15 is 0 Å². The molecule has 5 atom stereocenters. The topological polar surface area (TPSA) is 200 Å². The zero-order chi connectivity index (χ0) is 26.0. The normalized spacial score (nSPS) is 15.2. The number of hydrogen-bond donors (Lipinski definition) is 8. The molecule has 8 N–H and O–H groups in total. The van der Waals surface area contributed by atoms with Crippen LogP contribution in [0, 0.1) is 0 Å². The molecule has 1 heterocycles. The third-order valence-corrected chi connectivity index (χ3v) is 5.50. The number of aromatic amines is 1. The van der Waals surface area contributed by atoms with Crippen LogP contribution in [0.3, 0.4) is 0 Å². The summed E-state index contributed by atoms with van der Waals surface area (Å²) >= 11 is 3.94. The monoisotopic (exact) mass is 506 g/mol. The number of aromatic nitrogens is 2. The average Bonchev–Trinajstić information content (AvgIpc) is 3.34. The Kier molecular flexibility index (Phi) is 10.7. The first kappa shape index (κ1) is 27.8. The van der Waals surface area contributed by atoms with Gasteiger partial charge in [-0.3, -0.25) is 14.4 Å². The Labute approximate surface area is 207 Å². The van der Waals surface area contributed by atoms with Crippen LogP contribution in [0.1, 0.15) is 18.2 Å². The molecule has 0 radical (unpaired) electrons. The molecule has 0 aliphatic heterocycles. The van der Waals surface area contributed by atoms with Gasteiger partial charge < -0.3 is 36.9 Å². The molecule has 0 saturated heterocycles. The molecule has 1 aromatic heterocycles. The molecule has 0 bridgehead atoms. The van der Waals surface area contributed by atoms with Crippen molar-refractivity contribution >= 4 is 36.3 Å². The Morgan fingerprint density at radius 3 is 2.23 bits per heavy atom. The molecule has 13 heteroatoms. The first-order chi connectivity index (χ1) is 16.6. The highest BCUT2D eigenvalue weighted by molar-refractivity contribution is 7.80. The SMILES string of the molecule is CC(O)C(NC(=O)C(N)CS)C(=O)NC(Cc1ccccc1)C(=O)NC(Cc1cnc[nH]1)C(=O)O. The highest BCUT2D eigenvalue weighted by atomic mass is 32.1. The second kappa shape index (κ2) is 13.5. The number of aliphatic hydroxyl groups is 1. The lowest BCUT2D eigenvalue weighted by Gasteiger charge is -2.26. The van der Waals surface area contributed by atoms with Gasteiger partial charge in [-0.15, -0.1) is 0 Å². The van der Waals surface area contributed by atoms with Crippen molar-refractivity contribution in [2.24, 2.45) is 5.73 Å². The quantitative estimate of drug-likeness (QED) is 0.148. The molecule has 190 valence electrons. The maximum atomic E-state index is 13.1. The molecule has 0 fully saturated rings. The summed E-state index contributed by atoms with van der Waals surface area (Å²) in [5, 5.41) is 26.9. The van der Waals surface area contributed by atoms with Crippen molar-refractivity contribution in [3.05, 3.63) is 54.1 Å². The summed E-state index contributed by atoms with van der Waals surface area (Å²) in [6, 6.07) is 3.87. The Morgan fingerprint density at radius 1 is 1.03 bits per heavy atom. The standard InChI is InChI=1S/C22H30N6O6S/c1-12(29)18(28-19(30)15(23)10-35)21(32)26-16(7-13-5-3-2-4-6-13)20(31)27-17(22(33)34)8-14-9-24-11-25-14/h2-6,9,11-12,15-18,29,35H,7-8,10,23H2,1H3,(H,24,25)(H,26,32)(H,27,31)(H,28,30)(H,33,34). The van der Waals surface area contributed by atoms with Gasteiger partial charge in [0.1, 0.15) is 18.1 Å². The number of imidazole rings is 1. The van der Waals surface area contributed by atoms with E-state index in [2.05, 4.69) is 38.5 Å². The van der Waals surface area contributed by atoms with Crippen molar-refractivity contribution in [2.45, 2.75) is 50.0 Å². The summed E-state index contributed by atoms with van der Waals surface area (Å²) in [5.41, 5.74) is 6.82. The van der Waals surface area contributed by atoms with Crippen LogP contribution >= 0.6 is 12.6 Å². The van der Waals surface area contributed by atoms with E-state index in [9.17, 15) is 29.4 Å². The Balaban J connectivity index is 2.21. The van der Waals surface area contributed by atoms with E-state index in [1.54, 1.807) is 30.3 Å². The van der Waals surface area contributed by atoms with Crippen molar-refractivity contribution in [3.63, 3.8) is 0 Å². The number of nitrogens with two attached hydrogens (primary N) is 1. The highest BCUT2D eigenvalue weighted by Crippen LogP contribution is 2.07. The molecular formula is C22H30N6O6S. The van der Waals surface area contributed by atoms with E-state index in [0.717, 1.165) is 0 Å². The molecule has 5 unspecified atom stereocenters. The van der Waals surface area contributed by atoms with E-state index in [4.69, 9.17) is 5.73 Å². The number of carboxylic acid groups (broad SMARTS) is 1. The molecule has 12 nitrogen and oxygen atoms in total. The molecule has 35 heavy (non-hydrogen) atoms. The molecule has 0 spiro atoms. The number of nitrogens with one attached hydrogen (secondary N) is 4. The number of aliphatic hydroxyl groups excluding tert-OH is 1. The van der Waals surface area contributed by atoms with E-state index in [1.807, 2.05) is 0 Å². The van der Waals surface area contributed by atoms with Crippen LogP contribution < -0.4 is 21.7 Å². The predicted octanol–water partition coefficient (Wildman–Crippen LogP) is -1.63. The van der Waals surface area contributed by atoms with Crippen molar-refractivity contribution in [1.82, 2.24) is 25.9 Å². The first-order valence-electron chi connectivity index (χ1n) is 10.8. The van der Waals surface area contributed by atoms with Gasteiger partial charge in [-0.2, -0.15) is 12.6 Å². The van der Waals surface area contributed by atoms with Crippen molar-refractivity contribution < 1.29 is 29.4 Å². The number of thiol groups is 1. The number of H-pyrrole nitrogens is 1. The van der Waals surface area contributed by atoms with Crippen LogP contribution in [-0.2, 0) is 32.0 Å². The minimum absolute atomic E-state index is 0.0198. The summed E-state index contributed by atoms with van der Waals surface area (Å²) in [7, 11) is 0. The van der Waals surface area contributed by atoms with E-state index in [0.29, 0.717) is 11.3 Å². The van der Waals surface area contributed by atoms with Crippen LogP contribution in [0.15, 0.2) is 42.9 Å². The molecule has 0 aliphatic carbocycles. The summed E-state index contributed by atoms with van der Waals surface area (Å²) in [5.74, 6) is -3.54. The zero-order valence-electron chi connectivity index (χ0n) is 19.0. The van der Waals surface area contributed by atoms with E-state index in [1.165, 1.54) is 19.4 Å². The summed E-state index contributed by atoms with van der Waals surface area (Å²) in [6.07, 6.45) is 1.50. The van der Waals surface area contributed by atoms with Gasteiger partial charge in [-0.05, 0) is 12.5 Å². The zero-order valence-corrected chi connectivity index (χ0v) is 19.9. The number of carboxylic acids is 1. The third kappa shape index (κ3) is 8.70. The largest absolute Gasteiger partial charge is 0.480 e. The average molecular weight is 507 g/mol. The number of aliphatic carboxylic acids is 1. The third-order valence-electron chi connectivity index (χ3n) is 5.11. The van der Waals surface area contributed by atoms with Crippen LogP contribution in [0.2, 0.25) is 0 Å². The smallest absolute Gasteiger partial charge is 0.326 e. The molecular weight excluding hydrogens is 476 g/mol. The molecule has 0 saturated carbocycles. The number of rotatable bonds is 13. The van der Waals surface area contributed by atoms with Crippen molar-refractivity contribution in [2.75, 3.05) is 5.75 Å². The number of hydrogen-bond acceptors (Lipinski definition) is 8. The molecule has 2 rings (SSSR count). The second-order valence-electron chi connectivity index (χ2n) is 7.95. The van der Waals surface area contributed by atoms with Gasteiger partial charge in [0.25, 0.3) is 0 Å².